The van der Waals surface area contributed by atoms with Crippen molar-refractivity contribution in [3.05, 3.63) is 79.4 Å². The molecule has 1 aromatic carbocycles. The van der Waals surface area contributed by atoms with E-state index in [-0.39, 0.29) is 26.1 Å². The van der Waals surface area contributed by atoms with Gasteiger partial charge in [0.25, 0.3) is 0 Å². The predicted octanol–water partition coefficient (Wildman–Crippen LogP) is 3.66. The van der Waals surface area contributed by atoms with Crippen LogP contribution in [0.4, 0.5) is 0 Å². The molecule has 7 nitrogen and oxygen atoms in total. The number of hydrogen-bond acceptors (Lipinski definition) is 6. The largest absolute Gasteiger partial charge is 0.490 e. The van der Waals surface area contributed by atoms with Gasteiger partial charge in [0.1, 0.15) is 19.0 Å². The Hall–Kier alpha value is -3.61. The maximum atomic E-state index is 12.7. The van der Waals surface area contributed by atoms with Crippen LogP contribution in [-0.2, 0) is 30.3 Å². The van der Waals surface area contributed by atoms with Gasteiger partial charge in [0.05, 0.1) is 11.8 Å². The molecule has 32 heavy (non-hydrogen) atoms. The quantitative estimate of drug-likeness (QED) is 0.229. The fourth-order valence-electron chi connectivity index (χ4n) is 3.18. The Balaban J connectivity index is 2.02. The van der Waals surface area contributed by atoms with Crippen molar-refractivity contribution in [3.63, 3.8) is 0 Å². The van der Waals surface area contributed by atoms with Crippen molar-refractivity contribution in [2.45, 2.75) is 25.4 Å². The summed E-state index contributed by atoms with van der Waals surface area (Å²) in [5.74, 6) is -3.51. The summed E-state index contributed by atoms with van der Waals surface area (Å²) in [5.41, 5.74) is 1.93. The molecule has 0 bridgehead atoms. The molecule has 1 aliphatic rings. The Morgan fingerprint density at radius 1 is 1.03 bits per heavy atom. The van der Waals surface area contributed by atoms with E-state index in [9.17, 15) is 19.5 Å². The molecule has 0 amide bonds. The van der Waals surface area contributed by atoms with Gasteiger partial charge in [-0.3, -0.25) is 9.59 Å². The van der Waals surface area contributed by atoms with Gasteiger partial charge in [-0.25, -0.2) is 4.79 Å². The smallest absolute Gasteiger partial charge is 0.330 e. The van der Waals surface area contributed by atoms with Gasteiger partial charge in [-0.1, -0.05) is 55.7 Å². The van der Waals surface area contributed by atoms with Crippen molar-refractivity contribution >= 4 is 17.9 Å². The molecule has 1 aliphatic carbocycles. The maximum Gasteiger partial charge on any atom is 0.330 e. The van der Waals surface area contributed by atoms with E-state index < -0.39 is 35.8 Å². The van der Waals surface area contributed by atoms with Gasteiger partial charge < -0.3 is 19.3 Å². The minimum Gasteiger partial charge on any atom is -0.490 e. The van der Waals surface area contributed by atoms with E-state index in [2.05, 4.69) is 19.7 Å². The standard InChI is InChI=1S/C25H28O7/c1-4-17(3)14-18-10-12-19(13-11-18)30-15-20(16-31-23(26)5-2)32-25(29)22-9-7-6-8-21(22)24(27)28/h4-7,10-13,20-22H,1-3,8-9,14-16H2,(H,27,28). The third-order valence-corrected chi connectivity index (χ3v) is 4.99. The van der Waals surface area contributed by atoms with Crippen LogP contribution in [-0.4, -0.2) is 42.3 Å². The van der Waals surface area contributed by atoms with E-state index in [1.165, 1.54) is 0 Å². The molecular weight excluding hydrogens is 412 g/mol. The normalized spacial score (nSPS) is 18.1. The lowest BCUT2D eigenvalue weighted by Gasteiger charge is -2.26. The summed E-state index contributed by atoms with van der Waals surface area (Å²) in [5, 5.41) is 9.39. The molecular formula is C25H28O7. The van der Waals surface area contributed by atoms with Crippen molar-refractivity contribution in [3.8, 4) is 5.75 Å². The number of ether oxygens (including phenoxy) is 3. The molecule has 3 unspecified atom stereocenters. The van der Waals surface area contributed by atoms with Crippen LogP contribution < -0.4 is 4.74 Å². The molecule has 0 aliphatic heterocycles. The van der Waals surface area contributed by atoms with Gasteiger partial charge in [0.2, 0.25) is 0 Å². The average Bonchev–Trinajstić information content (AvgIpc) is 2.81. The SMILES string of the molecule is C=CC(=C)Cc1ccc(OCC(COC(=O)C=C)OC(=O)C2CC=CCC2C(=O)O)cc1. The minimum atomic E-state index is -1.05. The highest BCUT2D eigenvalue weighted by atomic mass is 16.6. The molecule has 1 N–H and O–H groups in total. The summed E-state index contributed by atoms with van der Waals surface area (Å²) in [7, 11) is 0. The van der Waals surface area contributed by atoms with Crippen molar-refractivity contribution in [1.29, 1.82) is 0 Å². The number of carboxylic acids is 1. The number of carbonyl (C=O) groups excluding carboxylic acids is 2. The predicted molar refractivity (Wildman–Crippen MR) is 119 cm³/mol. The first kappa shape index (κ1) is 24.7. The topological polar surface area (TPSA) is 99.1 Å². The summed E-state index contributed by atoms with van der Waals surface area (Å²) in [6.45, 7) is 10.6. The van der Waals surface area contributed by atoms with E-state index in [1.807, 2.05) is 12.1 Å². The second-order valence-electron chi connectivity index (χ2n) is 7.38. The summed E-state index contributed by atoms with van der Waals surface area (Å²) >= 11 is 0. The number of esters is 2. The summed E-state index contributed by atoms with van der Waals surface area (Å²) < 4.78 is 16.2. The fraction of sp³-hybridized carbons (Fsp3) is 0.320. The number of carboxylic acid groups (broad SMARTS) is 1. The van der Waals surface area contributed by atoms with Crippen LogP contribution in [0, 0.1) is 11.8 Å². The van der Waals surface area contributed by atoms with Crippen LogP contribution in [0.5, 0.6) is 5.75 Å². The van der Waals surface area contributed by atoms with Gasteiger partial charge in [-0.2, -0.15) is 0 Å². The van der Waals surface area contributed by atoms with E-state index in [0.717, 1.165) is 17.2 Å². The number of rotatable bonds is 12. The van der Waals surface area contributed by atoms with Crippen LogP contribution >= 0.6 is 0 Å². The molecule has 0 fully saturated rings. The Bertz CT molecular complexity index is 882. The third kappa shape index (κ3) is 7.58. The number of aliphatic carboxylic acids is 1. The zero-order chi connectivity index (χ0) is 23.5. The first-order valence-corrected chi connectivity index (χ1v) is 10.2. The number of carbonyl (C=O) groups is 3. The Kier molecular flexibility index (Phi) is 9.47. The highest BCUT2D eigenvalue weighted by Crippen LogP contribution is 2.27. The van der Waals surface area contributed by atoms with Crippen LogP contribution in [0.1, 0.15) is 18.4 Å². The molecule has 0 saturated heterocycles. The molecule has 0 spiro atoms. The zero-order valence-electron chi connectivity index (χ0n) is 17.9. The van der Waals surface area contributed by atoms with Gasteiger partial charge in [-0.15, -0.1) is 0 Å². The molecule has 7 heteroatoms. The number of benzene rings is 1. The van der Waals surface area contributed by atoms with Gasteiger partial charge in [0.15, 0.2) is 6.10 Å². The Morgan fingerprint density at radius 3 is 2.28 bits per heavy atom. The number of hydrogen-bond donors (Lipinski definition) is 1. The lowest BCUT2D eigenvalue weighted by molar-refractivity contribution is -0.167. The van der Waals surface area contributed by atoms with Gasteiger partial charge >= 0.3 is 17.9 Å². The first-order valence-electron chi connectivity index (χ1n) is 10.2. The van der Waals surface area contributed by atoms with Crippen molar-refractivity contribution < 1.29 is 33.7 Å². The molecule has 0 radical (unpaired) electrons. The van der Waals surface area contributed by atoms with E-state index in [0.29, 0.717) is 12.2 Å². The highest BCUT2D eigenvalue weighted by molar-refractivity contribution is 5.82. The molecule has 0 heterocycles. The summed E-state index contributed by atoms with van der Waals surface area (Å²) in [4.78, 5) is 35.6. The lowest BCUT2D eigenvalue weighted by Crippen LogP contribution is -2.37. The molecule has 170 valence electrons. The maximum absolute atomic E-state index is 12.7. The van der Waals surface area contributed by atoms with Gasteiger partial charge in [0, 0.05) is 6.08 Å². The molecule has 1 aromatic rings. The monoisotopic (exact) mass is 440 g/mol. The van der Waals surface area contributed by atoms with Crippen LogP contribution in [0.2, 0.25) is 0 Å². The first-order chi connectivity index (χ1) is 15.3. The van der Waals surface area contributed by atoms with E-state index in [4.69, 9.17) is 14.2 Å². The molecule has 0 saturated carbocycles. The molecule has 3 atom stereocenters. The second kappa shape index (κ2) is 12.3. The average molecular weight is 440 g/mol. The molecule has 2 rings (SSSR count). The second-order valence-corrected chi connectivity index (χ2v) is 7.38. The molecule has 0 aromatic heterocycles. The highest BCUT2D eigenvalue weighted by Gasteiger charge is 2.36. The van der Waals surface area contributed by atoms with Crippen molar-refractivity contribution in [2.75, 3.05) is 13.2 Å². The van der Waals surface area contributed by atoms with E-state index in [1.54, 1.807) is 30.4 Å². The third-order valence-electron chi connectivity index (χ3n) is 4.99. The number of allylic oxidation sites excluding steroid dienone is 4. The van der Waals surface area contributed by atoms with Crippen LogP contribution in [0.3, 0.4) is 0 Å². The lowest BCUT2D eigenvalue weighted by atomic mass is 9.83. The van der Waals surface area contributed by atoms with Crippen molar-refractivity contribution in [1.82, 2.24) is 0 Å². The minimum absolute atomic E-state index is 0.0742. The van der Waals surface area contributed by atoms with E-state index >= 15 is 0 Å². The van der Waals surface area contributed by atoms with Gasteiger partial charge in [-0.05, 0) is 37.0 Å². The zero-order valence-corrected chi connectivity index (χ0v) is 17.9. The summed E-state index contributed by atoms with van der Waals surface area (Å²) in [6, 6.07) is 7.31. The fourth-order valence-corrected chi connectivity index (χ4v) is 3.18. The van der Waals surface area contributed by atoms with Crippen LogP contribution in [0.15, 0.2) is 73.9 Å². The summed E-state index contributed by atoms with van der Waals surface area (Å²) in [6.07, 6.45) is 6.49. The Morgan fingerprint density at radius 2 is 1.69 bits per heavy atom. The van der Waals surface area contributed by atoms with Crippen molar-refractivity contribution in [2.24, 2.45) is 11.8 Å². The van der Waals surface area contributed by atoms with Crippen LogP contribution in [0.25, 0.3) is 0 Å². The Labute approximate surface area is 187 Å².